The molecular formula is C16H20N4O4. The fourth-order valence-electron chi connectivity index (χ4n) is 2.96. The molecule has 1 aliphatic rings. The lowest BCUT2D eigenvalue weighted by Crippen LogP contribution is -2.20. The maximum Gasteiger partial charge on any atom is 0.328 e. The van der Waals surface area contributed by atoms with E-state index in [0.717, 1.165) is 43.4 Å². The summed E-state index contributed by atoms with van der Waals surface area (Å²) in [5, 5.41) is 20.0. The first kappa shape index (κ1) is 16.2. The second kappa shape index (κ2) is 6.86. The Bertz CT molecular complexity index is 749. The van der Waals surface area contributed by atoms with Crippen LogP contribution in [0.25, 0.3) is 0 Å². The molecule has 24 heavy (non-hydrogen) atoms. The lowest BCUT2D eigenvalue weighted by atomic mass is 9.96. The molecule has 0 spiro atoms. The van der Waals surface area contributed by atoms with Crippen molar-refractivity contribution >= 4 is 17.7 Å². The molecule has 1 unspecified atom stereocenters. The number of carboxylic acid groups (broad SMARTS) is 1. The molecule has 2 aromatic heterocycles. The second-order valence-corrected chi connectivity index (χ2v) is 5.92. The molecule has 128 valence electrons. The maximum atomic E-state index is 12.4. The first-order valence-corrected chi connectivity index (χ1v) is 8.17. The Balaban J connectivity index is 1.73. The van der Waals surface area contributed by atoms with Crippen molar-refractivity contribution in [2.75, 3.05) is 5.32 Å². The van der Waals surface area contributed by atoms with Crippen molar-refractivity contribution < 1.29 is 19.2 Å². The van der Waals surface area contributed by atoms with E-state index in [0.29, 0.717) is 17.9 Å². The largest absolute Gasteiger partial charge is 0.480 e. The van der Waals surface area contributed by atoms with Crippen molar-refractivity contribution in [2.45, 2.75) is 51.5 Å². The van der Waals surface area contributed by atoms with Gasteiger partial charge in [0.15, 0.2) is 11.5 Å². The normalized spacial score (nSPS) is 14.9. The molecule has 8 nitrogen and oxygen atoms in total. The molecule has 0 saturated heterocycles. The van der Waals surface area contributed by atoms with Gasteiger partial charge < -0.3 is 14.9 Å². The van der Waals surface area contributed by atoms with Gasteiger partial charge in [0, 0.05) is 24.2 Å². The number of nitrogens with one attached hydrogen (secondary N) is 1. The molecule has 2 N–H and O–H groups in total. The number of aromatic nitrogens is 3. The summed E-state index contributed by atoms with van der Waals surface area (Å²) >= 11 is 0. The highest BCUT2D eigenvalue weighted by Crippen LogP contribution is 2.25. The highest BCUT2D eigenvalue weighted by Gasteiger charge is 2.25. The van der Waals surface area contributed by atoms with Gasteiger partial charge in [0.25, 0.3) is 5.91 Å². The molecule has 0 fully saturated rings. The number of hydrogen-bond acceptors (Lipinski definition) is 5. The van der Waals surface area contributed by atoms with E-state index in [1.54, 1.807) is 12.3 Å². The van der Waals surface area contributed by atoms with E-state index in [-0.39, 0.29) is 5.91 Å². The third kappa shape index (κ3) is 3.17. The topological polar surface area (TPSA) is 110 Å². The standard InChI is InChI=1S/C16H20N4O4/c1-2-5-11(16(22)23)20-9-8-13(18-20)17-15(21)14-10-6-3-4-7-12(10)24-19-14/h8-9,11H,2-7H2,1H3,(H,22,23)(H,17,18,21). The molecule has 3 rings (SSSR count). The molecule has 2 heterocycles. The van der Waals surface area contributed by atoms with Crippen LogP contribution in [0.3, 0.4) is 0 Å². The molecule has 1 atom stereocenters. The van der Waals surface area contributed by atoms with Gasteiger partial charge in [-0.3, -0.25) is 9.48 Å². The molecule has 0 bridgehead atoms. The summed E-state index contributed by atoms with van der Waals surface area (Å²) < 4.78 is 6.60. The third-order valence-electron chi connectivity index (χ3n) is 4.18. The Morgan fingerprint density at radius 3 is 2.96 bits per heavy atom. The minimum Gasteiger partial charge on any atom is -0.480 e. The summed E-state index contributed by atoms with van der Waals surface area (Å²) in [4.78, 5) is 23.7. The van der Waals surface area contributed by atoms with Gasteiger partial charge in [0.2, 0.25) is 0 Å². The molecule has 0 saturated carbocycles. The van der Waals surface area contributed by atoms with Crippen LogP contribution in [0.1, 0.15) is 60.5 Å². The summed E-state index contributed by atoms with van der Waals surface area (Å²) in [7, 11) is 0. The van der Waals surface area contributed by atoms with Crippen LogP contribution in [0.15, 0.2) is 16.8 Å². The highest BCUT2D eigenvalue weighted by molar-refractivity contribution is 6.03. The molecule has 0 radical (unpaired) electrons. The summed E-state index contributed by atoms with van der Waals surface area (Å²) in [6.45, 7) is 1.91. The molecule has 2 aromatic rings. The van der Waals surface area contributed by atoms with Crippen LogP contribution in [0.5, 0.6) is 0 Å². The van der Waals surface area contributed by atoms with Gasteiger partial charge in [-0.15, -0.1) is 0 Å². The van der Waals surface area contributed by atoms with Gasteiger partial charge in [-0.05, 0) is 25.7 Å². The predicted molar refractivity (Wildman–Crippen MR) is 84.9 cm³/mol. The maximum absolute atomic E-state index is 12.4. The monoisotopic (exact) mass is 332 g/mol. The van der Waals surface area contributed by atoms with E-state index < -0.39 is 12.0 Å². The average molecular weight is 332 g/mol. The molecular weight excluding hydrogens is 312 g/mol. The second-order valence-electron chi connectivity index (χ2n) is 5.92. The Morgan fingerprint density at radius 2 is 2.21 bits per heavy atom. The average Bonchev–Trinajstić information content (AvgIpc) is 3.19. The highest BCUT2D eigenvalue weighted by atomic mass is 16.5. The number of carbonyl (C=O) groups excluding carboxylic acids is 1. The quantitative estimate of drug-likeness (QED) is 0.840. The smallest absolute Gasteiger partial charge is 0.328 e. The van der Waals surface area contributed by atoms with E-state index in [1.165, 1.54) is 4.68 Å². The van der Waals surface area contributed by atoms with Crippen LogP contribution >= 0.6 is 0 Å². The number of amides is 1. The number of carboxylic acids is 1. The number of hydrogen-bond donors (Lipinski definition) is 2. The summed E-state index contributed by atoms with van der Waals surface area (Å²) in [5.74, 6) is -0.237. The SMILES string of the molecule is CCCC(C(=O)O)n1ccc(NC(=O)c2noc3c2CCCC3)n1. The molecule has 0 aromatic carbocycles. The van der Waals surface area contributed by atoms with Gasteiger partial charge >= 0.3 is 5.97 Å². The lowest BCUT2D eigenvalue weighted by molar-refractivity contribution is -0.141. The van der Waals surface area contributed by atoms with Gasteiger partial charge in [-0.2, -0.15) is 5.10 Å². The summed E-state index contributed by atoms with van der Waals surface area (Å²) in [5.41, 5.74) is 1.16. The van der Waals surface area contributed by atoms with Crippen molar-refractivity contribution in [3.8, 4) is 0 Å². The van der Waals surface area contributed by atoms with Crippen LogP contribution in [0, 0.1) is 0 Å². The van der Waals surface area contributed by atoms with Crippen molar-refractivity contribution in [1.82, 2.24) is 14.9 Å². The fourth-order valence-corrected chi connectivity index (χ4v) is 2.96. The number of nitrogens with zero attached hydrogens (tertiary/aromatic N) is 3. The molecule has 1 amide bonds. The van der Waals surface area contributed by atoms with Crippen LogP contribution in [0.4, 0.5) is 5.82 Å². The van der Waals surface area contributed by atoms with E-state index in [4.69, 9.17) is 4.52 Å². The number of aliphatic carboxylic acids is 1. The van der Waals surface area contributed by atoms with Gasteiger partial charge in [-0.1, -0.05) is 18.5 Å². The zero-order valence-electron chi connectivity index (χ0n) is 13.5. The first-order valence-electron chi connectivity index (χ1n) is 8.17. The Hall–Kier alpha value is -2.64. The number of carbonyl (C=O) groups is 2. The van der Waals surface area contributed by atoms with Gasteiger partial charge in [0.1, 0.15) is 11.8 Å². The Morgan fingerprint density at radius 1 is 1.42 bits per heavy atom. The minimum absolute atomic E-state index is 0.294. The molecule has 0 aliphatic heterocycles. The van der Waals surface area contributed by atoms with Crippen molar-refractivity contribution in [3.63, 3.8) is 0 Å². The Labute approximate surface area is 138 Å². The summed E-state index contributed by atoms with van der Waals surface area (Å²) in [6, 6.07) is 0.844. The van der Waals surface area contributed by atoms with Crippen LogP contribution in [0.2, 0.25) is 0 Å². The van der Waals surface area contributed by atoms with Gasteiger partial charge in [0.05, 0.1) is 0 Å². The third-order valence-corrected chi connectivity index (χ3v) is 4.18. The van der Waals surface area contributed by atoms with E-state index in [1.807, 2.05) is 6.92 Å². The van der Waals surface area contributed by atoms with Crippen LogP contribution in [-0.2, 0) is 17.6 Å². The molecule has 1 aliphatic carbocycles. The number of aryl methyl sites for hydroxylation is 1. The van der Waals surface area contributed by atoms with Crippen molar-refractivity contribution in [1.29, 1.82) is 0 Å². The van der Waals surface area contributed by atoms with E-state index >= 15 is 0 Å². The lowest BCUT2D eigenvalue weighted by Gasteiger charge is -2.11. The van der Waals surface area contributed by atoms with Crippen LogP contribution in [-0.4, -0.2) is 31.9 Å². The van der Waals surface area contributed by atoms with Crippen molar-refractivity contribution in [3.05, 3.63) is 29.3 Å². The van der Waals surface area contributed by atoms with E-state index in [9.17, 15) is 14.7 Å². The number of anilines is 1. The fraction of sp³-hybridized carbons (Fsp3) is 0.500. The zero-order valence-corrected chi connectivity index (χ0v) is 13.5. The number of fused-ring (bicyclic) bond motifs is 1. The minimum atomic E-state index is -0.941. The summed E-state index contributed by atoms with van der Waals surface area (Å²) in [6.07, 6.45) is 6.41. The molecule has 8 heteroatoms. The van der Waals surface area contributed by atoms with Crippen molar-refractivity contribution in [2.24, 2.45) is 0 Å². The van der Waals surface area contributed by atoms with E-state index in [2.05, 4.69) is 15.6 Å². The van der Waals surface area contributed by atoms with Crippen LogP contribution < -0.4 is 5.32 Å². The zero-order chi connectivity index (χ0) is 17.1. The predicted octanol–water partition coefficient (Wildman–Crippen LogP) is 2.43. The Kier molecular flexibility index (Phi) is 4.64. The first-order chi connectivity index (χ1) is 11.6. The van der Waals surface area contributed by atoms with Gasteiger partial charge in [-0.25, -0.2) is 4.79 Å². The number of rotatable bonds is 6.